The van der Waals surface area contributed by atoms with Crippen LogP contribution in [0.25, 0.3) is 0 Å². The average Bonchev–Trinajstić information content (AvgIpc) is 2.49. The third kappa shape index (κ3) is 5.83. The Hall–Kier alpha value is -0.200. The van der Waals surface area contributed by atoms with Crippen molar-refractivity contribution in [1.82, 2.24) is 14.7 Å². The second-order valence-corrected chi connectivity index (χ2v) is 6.58. The number of aliphatic hydroxyl groups excluding tert-OH is 1. The van der Waals surface area contributed by atoms with Crippen molar-refractivity contribution in [3.63, 3.8) is 0 Å². The van der Waals surface area contributed by atoms with Crippen LogP contribution < -0.4 is 0 Å². The van der Waals surface area contributed by atoms with Gasteiger partial charge in [0.05, 0.1) is 19.3 Å². The SMILES string of the molecule is CCCN1CCC(N(C)CC(O)CN2CCOCC2)CC1. The number of β-amino-alcohol motifs (C(OH)–C–C–N with tert-alkyl or cyclic N) is 1. The van der Waals surface area contributed by atoms with E-state index in [1.54, 1.807) is 0 Å². The molecular weight excluding hydrogens is 266 g/mol. The van der Waals surface area contributed by atoms with Crippen LogP contribution in [-0.2, 0) is 4.74 Å². The van der Waals surface area contributed by atoms with Crippen molar-refractivity contribution in [3.8, 4) is 0 Å². The Balaban J connectivity index is 1.65. The summed E-state index contributed by atoms with van der Waals surface area (Å²) in [7, 11) is 2.17. The molecule has 0 saturated carbocycles. The molecule has 0 bridgehead atoms. The molecule has 2 aliphatic heterocycles. The third-order valence-electron chi connectivity index (χ3n) is 4.79. The molecular formula is C16H33N3O2. The molecule has 0 spiro atoms. The molecule has 0 aromatic carbocycles. The summed E-state index contributed by atoms with van der Waals surface area (Å²) in [6, 6.07) is 0.637. The fourth-order valence-electron chi connectivity index (χ4n) is 3.52. The molecule has 0 radical (unpaired) electrons. The van der Waals surface area contributed by atoms with Crippen LogP contribution in [-0.4, -0.2) is 98.0 Å². The van der Waals surface area contributed by atoms with Gasteiger partial charge >= 0.3 is 0 Å². The van der Waals surface area contributed by atoms with E-state index in [9.17, 15) is 5.11 Å². The van der Waals surface area contributed by atoms with Gasteiger partial charge in [-0.1, -0.05) is 6.92 Å². The van der Waals surface area contributed by atoms with Gasteiger partial charge in [0.1, 0.15) is 0 Å². The maximum Gasteiger partial charge on any atom is 0.0793 e. The van der Waals surface area contributed by atoms with Gasteiger partial charge in [0.25, 0.3) is 0 Å². The summed E-state index contributed by atoms with van der Waals surface area (Å²) in [6.07, 6.45) is 3.47. The van der Waals surface area contributed by atoms with Gasteiger partial charge in [-0.05, 0) is 45.9 Å². The largest absolute Gasteiger partial charge is 0.390 e. The highest BCUT2D eigenvalue weighted by molar-refractivity contribution is 4.80. The van der Waals surface area contributed by atoms with Crippen LogP contribution in [0.15, 0.2) is 0 Å². The molecule has 1 atom stereocenters. The number of piperidine rings is 1. The van der Waals surface area contributed by atoms with Crippen LogP contribution in [0.5, 0.6) is 0 Å². The quantitative estimate of drug-likeness (QED) is 0.741. The van der Waals surface area contributed by atoms with E-state index in [0.717, 1.165) is 39.4 Å². The van der Waals surface area contributed by atoms with E-state index in [2.05, 4.69) is 28.7 Å². The Morgan fingerprint density at radius 2 is 1.81 bits per heavy atom. The lowest BCUT2D eigenvalue weighted by Crippen LogP contribution is -2.48. The minimum atomic E-state index is -0.248. The second kappa shape index (κ2) is 9.06. The summed E-state index contributed by atoms with van der Waals surface area (Å²) in [5.74, 6) is 0. The maximum absolute atomic E-state index is 10.3. The van der Waals surface area contributed by atoms with E-state index in [4.69, 9.17) is 4.74 Å². The van der Waals surface area contributed by atoms with Crippen LogP contribution >= 0.6 is 0 Å². The number of hydrogen-bond acceptors (Lipinski definition) is 5. The first-order valence-electron chi connectivity index (χ1n) is 8.59. The molecule has 0 amide bonds. The molecule has 5 nitrogen and oxygen atoms in total. The van der Waals surface area contributed by atoms with Gasteiger partial charge in [-0.3, -0.25) is 4.90 Å². The van der Waals surface area contributed by atoms with Crippen molar-refractivity contribution in [2.45, 2.75) is 38.3 Å². The molecule has 1 N–H and O–H groups in total. The van der Waals surface area contributed by atoms with Crippen molar-refractivity contribution >= 4 is 0 Å². The Bertz CT molecular complexity index is 277. The highest BCUT2D eigenvalue weighted by atomic mass is 16.5. The molecule has 2 heterocycles. The van der Waals surface area contributed by atoms with Crippen molar-refractivity contribution < 1.29 is 9.84 Å². The lowest BCUT2D eigenvalue weighted by Gasteiger charge is -2.38. The Labute approximate surface area is 129 Å². The van der Waals surface area contributed by atoms with Crippen LogP contribution in [0.2, 0.25) is 0 Å². The summed E-state index contributed by atoms with van der Waals surface area (Å²) in [4.78, 5) is 7.24. The first-order valence-corrected chi connectivity index (χ1v) is 8.59. The van der Waals surface area contributed by atoms with E-state index in [-0.39, 0.29) is 6.10 Å². The molecule has 5 heteroatoms. The number of morpholine rings is 1. The van der Waals surface area contributed by atoms with Crippen LogP contribution in [0, 0.1) is 0 Å². The first kappa shape index (κ1) is 17.2. The van der Waals surface area contributed by atoms with E-state index in [0.29, 0.717) is 6.04 Å². The number of ether oxygens (including phenoxy) is 1. The van der Waals surface area contributed by atoms with E-state index >= 15 is 0 Å². The Kier molecular flexibility index (Phi) is 7.40. The number of likely N-dealkylation sites (tertiary alicyclic amines) is 1. The predicted molar refractivity (Wildman–Crippen MR) is 85.6 cm³/mol. The zero-order valence-electron chi connectivity index (χ0n) is 13.8. The number of nitrogens with zero attached hydrogens (tertiary/aromatic N) is 3. The zero-order chi connectivity index (χ0) is 15.1. The van der Waals surface area contributed by atoms with Gasteiger partial charge in [0, 0.05) is 32.2 Å². The summed E-state index contributed by atoms with van der Waals surface area (Å²) in [6.45, 7) is 11.0. The highest BCUT2D eigenvalue weighted by Gasteiger charge is 2.24. The summed E-state index contributed by atoms with van der Waals surface area (Å²) < 4.78 is 5.35. The van der Waals surface area contributed by atoms with Gasteiger partial charge in [-0.25, -0.2) is 0 Å². The fraction of sp³-hybridized carbons (Fsp3) is 1.00. The average molecular weight is 299 g/mol. The molecule has 2 aliphatic rings. The fourth-order valence-corrected chi connectivity index (χ4v) is 3.52. The molecule has 21 heavy (non-hydrogen) atoms. The number of aliphatic hydroxyl groups is 1. The summed E-state index contributed by atoms with van der Waals surface area (Å²) in [5.41, 5.74) is 0. The number of likely N-dealkylation sites (N-methyl/N-ethyl adjacent to an activating group) is 1. The maximum atomic E-state index is 10.3. The van der Waals surface area contributed by atoms with Gasteiger partial charge in [0.15, 0.2) is 0 Å². The molecule has 2 fully saturated rings. The summed E-state index contributed by atoms with van der Waals surface area (Å²) >= 11 is 0. The highest BCUT2D eigenvalue weighted by Crippen LogP contribution is 2.16. The van der Waals surface area contributed by atoms with Crippen molar-refractivity contribution in [2.24, 2.45) is 0 Å². The molecule has 124 valence electrons. The standard InChI is InChI=1S/C16H33N3O2/c1-3-6-18-7-4-15(5-8-18)17(2)13-16(20)14-19-9-11-21-12-10-19/h15-16,20H,3-14H2,1-2H3. The smallest absolute Gasteiger partial charge is 0.0793 e. The topological polar surface area (TPSA) is 39.2 Å². The van der Waals surface area contributed by atoms with E-state index in [1.165, 1.54) is 38.9 Å². The number of hydrogen-bond donors (Lipinski definition) is 1. The van der Waals surface area contributed by atoms with Crippen molar-refractivity contribution in [1.29, 1.82) is 0 Å². The lowest BCUT2D eigenvalue weighted by atomic mass is 10.0. The molecule has 2 rings (SSSR count). The van der Waals surface area contributed by atoms with Crippen molar-refractivity contribution in [3.05, 3.63) is 0 Å². The molecule has 0 aliphatic carbocycles. The second-order valence-electron chi connectivity index (χ2n) is 6.58. The van der Waals surface area contributed by atoms with Crippen LogP contribution in [0.1, 0.15) is 26.2 Å². The monoisotopic (exact) mass is 299 g/mol. The predicted octanol–water partition coefficient (Wildman–Crippen LogP) is 0.486. The number of rotatable bonds is 7. The summed E-state index contributed by atoms with van der Waals surface area (Å²) in [5, 5.41) is 10.3. The minimum absolute atomic E-state index is 0.248. The Morgan fingerprint density at radius 1 is 1.14 bits per heavy atom. The molecule has 1 unspecified atom stereocenters. The van der Waals surface area contributed by atoms with Crippen molar-refractivity contribution in [2.75, 3.05) is 66.1 Å². The van der Waals surface area contributed by atoms with Gasteiger partial charge < -0.3 is 19.6 Å². The van der Waals surface area contributed by atoms with Gasteiger partial charge in [0.2, 0.25) is 0 Å². The van der Waals surface area contributed by atoms with Gasteiger partial charge in [-0.2, -0.15) is 0 Å². The third-order valence-corrected chi connectivity index (χ3v) is 4.79. The van der Waals surface area contributed by atoms with E-state index in [1.807, 2.05) is 0 Å². The molecule has 0 aromatic rings. The van der Waals surface area contributed by atoms with Crippen LogP contribution in [0.3, 0.4) is 0 Å². The van der Waals surface area contributed by atoms with E-state index < -0.39 is 0 Å². The molecule has 2 saturated heterocycles. The first-order chi connectivity index (χ1) is 10.2. The normalized spacial score (nSPS) is 24.6. The Morgan fingerprint density at radius 3 is 2.43 bits per heavy atom. The zero-order valence-corrected chi connectivity index (χ0v) is 13.8. The molecule has 0 aromatic heterocycles. The van der Waals surface area contributed by atoms with Crippen LogP contribution in [0.4, 0.5) is 0 Å². The lowest BCUT2D eigenvalue weighted by molar-refractivity contribution is 0.00284. The minimum Gasteiger partial charge on any atom is -0.390 e. The van der Waals surface area contributed by atoms with Gasteiger partial charge in [-0.15, -0.1) is 0 Å².